The van der Waals surface area contributed by atoms with Gasteiger partial charge >= 0.3 is 0 Å². The molecule has 0 N–H and O–H groups in total. The van der Waals surface area contributed by atoms with Gasteiger partial charge in [-0.15, -0.1) is 11.8 Å². The van der Waals surface area contributed by atoms with Crippen LogP contribution in [0.4, 0.5) is 0 Å². The molecule has 2 atom stereocenters. The van der Waals surface area contributed by atoms with Crippen LogP contribution in [0.15, 0.2) is 83.8 Å². The molecule has 3 aromatic carbocycles. The van der Waals surface area contributed by atoms with E-state index in [4.69, 9.17) is 16.6 Å². The molecular formula is C24H23ClN2S. The van der Waals surface area contributed by atoms with Gasteiger partial charge in [-0.2, -0.15) is 0 Å². The molecule has 2 nitrogen and oxygen atoms in total. The molecule has 0 amide bonds. The molecule has 28 heavy (non-hydrogen) atoms. The summed E-state index contributed by atoms with van der Waals surface area (Å²) in [6.45, 7) is 4.48. The third-order valence-electron chi connectivity index (χ3n) is 5.04. The zero-order chi connectivity index (χ0) is 19.5. The summed E-state index contributed by atoms with van der Waals surface area (Å²) in [7, 11) is 0. The Morgan fingerprint density at radius 3 is 2.32 bits per heavy atom. The summed E-state index contributed by atoms with van der Waals surface area (Å²) >= 11 is 8.11. The summed E-state index contributed by atoms with van der Waals surface area (Å²) in [6, 6.07) is 27.5. The molecule has 142 valence electrons. The highest BCUT2D eigenvalue weighted by Gasteiger charge is 2.25. The van der Waals surface area contributed by atoms with Crippen LogP contribution < -0.4 is 0 Å². The zero-order valence-electron chi connectivity index (χ0n) is 16.0. The average Bonchev–Trinajstić information content (AvgIpc) is 3.11. The number of rotatable bonds is 6. The first kappa shape index (κ1) is 19.1. The molecule has 0 spiro atoms. The summed E-state index contributed by atoms with van der Waals surface area (Å²) < 4.78 is 2.39. The molecule has 4 aromatic rings. The molecule has 0 aliphatic rings. The molecule has 0 radical (unpaired) electrons. The quantitative estimate of drug-likeness (QED) is 0.308. The highest BCUT2D eigenvalue weighted by atomic mass is 35.5. The molecule has 4 heteroatoms. The lowest BCUT2D eigenvalue weighted by Gasteiger charge is -2.22. The topological polar surface area (TPSA) is 17.8 Å². The smallest absolute Gasteiger partial charge is 0.128 e. The van der Waals surface area contributed by atoms with Gasteiger partial charge in [0.25, 0.3) is 0 Å². The maximum Gasteiger partial charge on any atom is 0.128 e. The zero-order valence-corrected chi connectivity index (χ0v) is 17.6. The largest absolute Gasteiger partial charge is 0.324 e. The first-order valence-corrected chi connectivity index (χ1v) is 10.9. The molecule has 0 saturated carbocycles. The molecule has 0 aliphatic heterocycles. The van der Waals surface area contributed by atoms with Gasteiger partial charge in [-0.3, -0.25) is 0 Å². The van der Waals surface area contributed by atoms with Gasteiger partial charge in [0.05, 0.1) is 16.3 Å². The summed E-state index contributed by atoms with van der Waals surface area (Å²) in [5.41, 5.74) is 3.35. The van der Waals surface area contributed by atoms with Crippen LogP contribution in [-0.2, 0) is 0 Å². The van der Waals surface area contributed by atoms with Crippen LogP contribution in [0.5, 0.6) is 0 Å². The second-order valence-electron chi connectivity index (χ2n) is 6.95. The van der Waals surface area contributed by atoms with E-state index < -0.39 is 0 Å². The third kappa shape index (κ3) is 3.82. The first-order chi connectivity index (χ1) is 13.7. The molecular weight excluding hydrogens is 384 g/mol. The Hall–Kier alpha value is -2.23. The Kier molecular flexibility index (Phi) is 5.74. The molecule has 4 rings (SSSR count). The lowest BCUT2D eigenvalue weighted by atomic mass is 10.1. The third-order valence-corrected chi connectivity index (χ3v) is 6.54. The molecule has 2 unspecified atom stereocenters. The van der Waals surface area contributed by atoms with Crippen molar-refractivity contribution < 1.29 is 0 Å². The fourth-order valence-corrected chi connectivity index (χ4v) is 4.77. The predicted molar refractivity (Wildman–Crippen MR) is 120 cm³/mol. The maximum absolute atomic E-state index is 6.27. The minimum atomic E-state index is 0.101. The van der Waals surface area contributed by atoms with Crippen molar-refractivity contribution in [3.63, 3.8) is 0 Å². The van der Waals surface area contributed by atoms with Crippen molar-refractivity contribution in [1.82, 2.24) is 9.55 Å². The van der Waals surface area contributed by atoms with E-state index in [9.17, 15) is 0 Å². The van der Waals surface area contributed by atoms with E-state index >= 15 is 0 Å². The van der Waals surface area contributed by atoms with E-state index in [1.807, 2.05) is 23.9 Å². The van der Waals surface area contributed by atoms with Crippen molar-refractivity contribution >= 4 is 34.4 Å². The van der Waals surface area contributed by atoms with Gasteiger partial charge in [-0.1, -0.05) is 67.1 Å². The SMILES string of the molecule is CCC(C)n1c(C(Sc2ccccc2)c2ccccc2)nc2cc(Cl)ccc21. The number of nitrogens with zero attached hydrogens (tertiary/aromatic N) is 2. The number of benzene rings is 3. The molecule has 0 saturated heterocycles. The van der Waals surface area contributed by atoms with Crippen LogP contribution in [0.25, 0.3) is 11.0 Å². The fourth-order valence-electron chi connectivity index (χ4n) is 3.45. The van der Waals surface area contributed by atoms with Crippen molar-refractivity contribution in [2.75, 3.05) is 0 Å². The van der Waals surface area contributed by atoms with E-state index in [0.717, 1.165) is 28.3 Å². The normalized spacial score (nSPS) is 13.5. The van der Waals surface area contributed by atoms with E-state index in [0.29, 0.717) is 6.04 Å². The van der Waals surface area contributed by atoms with E-state index in [2.05, 4.69) is 85.1 Å². The lowest BCUT2D eigenvalue weighted by molar-refractivity contribution is 0.525. The summed E-state index contributed by atoms with van der Waals surface area (Å²) in [5, 5.41) is 0.823. The van der Waals surface area contributed by atoms with Gasteiger partial charge in [0, 0.05) is 16.0 Å². The summed E-state index contributed by atoms with van der Waals surface area (Å²) in [6.07, 6.45) is 1.04. The Balaban J connectivity index is 1.91. The summed E-state index contributed by atoms with van der Waals surface area (Å²) in [4.78, 5) is 6.31. The molecule has 1 aromatic heterocycles. The second-order valence-corrected chi connectivity index (χ2v) is 8.57. The number of hydrogen-bond donors (Lipinski definition) is 0. The standard InChI is InChI=1S/C24H23ClN2S/c1-3-17(2)27-22-15-14-19(25)16-21(22)26-24(27)23(18-10-6-4-7-11-18)28-20-12-8-5-9-13-20/h4-17,23H,3H2,1-2H3. The maximum atomic E-state index is 6.27. The van der Waals surface area contributed by atoms with Crippen molar-refractivity contribution in [3.05, 3.63) is 95.3 Å². The monoisotopic (exact) mass is 406 g/mol. The molecule has 1 heterocycles. The molecule has 0 bridgehead atoms. The van der Waals surface area contributed by atoms with Crippen LogP contribution in [0, 0.1) is 0 Å². The van der Waals surface area contributed by atoms with Gasteiger partial charge in [-0.05, 0) is 49.2 Å². The van der Waals surface area contributed by atoms with Crippen molar-refractivity contribution in [1.29, 1.82) is 0 Å². The Labute approximate surface area is 175 Å². The van der Waals surface area contributed by atoms with Crippen LogP contribution in [0.1, 0.15) is 42.9 Å². The highest BCUT2D eigenvalue weighted by Crippen LogP contribution is 2.42. The number of fused-ring (bicyclic) bond motifs is 1. The number of hydrogen-bond acceptors (Lipinski definition) is 2. The first-order valence-electron chi connectivity index (χ1n) is 9.61. The van der Waals surface area contributed by atoms with E-state index in [1.54, 1.807) is 0 Å². The second kappa shape index (κ2) is 8.42. The van der Waals surface area contributed by atoms with Crippen LogP contribution >= 0.6 is 23.4 Å². The van der Waals surface area contributed by atoms with Gasteiger partial charge in [-0.25, -0.2) is 4.98 Å². The van der Waals surface area contributed by atoms with Gasteiger partial charge in [0.15, 0.2) is 0 Å². The highest BCUT2D eigenvalue weighted by molar-refractivity contribution is 7.99. The van der Waals surface area contributed by atoms with Gasteiger partial charge < -0.3 is 4.57 Å². The van der Waals surface area contributed by atoms with Gasteiger partial charge in [0.2, 0.25) is 0 Å². The van der Waals surface area contributed by atoms with Gasteiger partial charge in [0.1, 0.15) is 5.82 Å². The van der Waals surface area contributed by atoms with Crippen LogP contribution in [0.3, 0.4) is 0 Å². The average molecular weight is 407 g/mol. The minimum Gasteiger partial charge on any atom is -0.324 e. The Morgan fingerprint density at radius 2 is 1.64 bits per heavy atom. The number of thioether (sulfide) groups is 1. The predicted octanol–water partition coefficient (Wildman–Crippen LogP) is 7.54. The number of halogens is 1. The van der Waals surface area contributed by atoms with Crippen molar-refractivity contribution in [2.45, 2.75) is 36.5 Å². The Bertz CT molecular complexity index is 1060. The Morgan fingerprint density at radius 1 is 0.964 bits per heavy atom. The lowest BCUT2D eigenvalue weighted by Crippen LogP contribution is -2.12. The minimum absolute atomic E-state index is 0.101. The van der Waals surface area contributed by atoms with Crippen molar-refractivity contribution in [2.24, 2.45) is 0 Å². The van der Waals surface area contributed by atoms with Crippen LogP contribution in [-0.4, -0.2) is 9.55 Å². The molecule has 0 aliphatic carbocycles. The van der Waals surface area contributed by atoms with Crippen molar-refractivity contribution in [3.8, 4) is 0 Å². The fraction of sp³-hybridized carbons (Fsp3) is 0.208. The molecule has 0 fully saturated rings. The van der Waals surface area contributed by atoms with E-state index in [1.165, 1.54) is 10.5 Å². The number of imidazole rings is 1. The summed E-state index contributed by atoms with van der Waals surface area (Å²) in [5.74, 6) is 1.08. The number of aromatic nitrogens is 2. The van der Waals surface area contributed by atoms with E-state index in [-0.39, 0.29) is 5.25 Å². The van der Waals surface area contributed by atoms with Crippen LogP contribution in [0.2, 0.25) is 5.02 Å².